The lowest BCUT2D eigenvalue weighted by Gasteiger charge is -2.37. The maximum atomic E-state index is 13.5. The molecule has 1 N–H and O–H groups in total. The monoisotopic (exact) mass is 464 g/mol. The van der Waals surface area contributed by atoms with E-state index in [1.54, 1.807) is 17.2 Å². The van der Waals surface area contributed by atoms with E-state index in [1.807, 2.05) is 44.1 Å². The largest absolute Gasteiger partial charge is 0.472 e. The zero-order valence-corrected chi connectivity index (χ0v) is 20.9. The van der Waals surface area contributed by atoms with Crippen LogP contribution in [0.5, 0.6) is 5.88 Å². The van der Waals surface area contributed by atoms with Crippen molar-refractivity contribution in [3.63, 3.8) is 0 Å². The first-order valence-corrected chi connectivity index (χ1v) is 11.7. The molecule has 7 nitrogen and oxygen atoms in total. The number of amides is 1. The van der Waals surface area contributed by atoms with E-state index >= 15 is 0 Å². The van der Waals surface area contributed by atoms with E-state index < -0.39 is 0 Å². The van der Waals surface area contributed by atoms with Crippen molar-refractivity contribution in [3.8, 4) is 17.7 Å². The molecule has 1 aromatic carbocycles. The Morgan fingerprint density at radius 1 is 1.26 bits per heavy atom. The third kappa shape index (κ3) is 6.80. The topological polar surface area (TPSA) is 69.1 Å². The number of carbonyl (C=O) groups excluding carboxylic acids is 1. The molecule has 2 aromatic rings. The van der Waals surface area contributed by atoms with Gasteiger partial charge in [0.1, 0.15) is 11.7 Å². The summed E-state index contributed by atoms with van der Waals surface area (Å²) in [4.78, 5) is 23.9. The molecule has 34 heavy (non-hydrogen) atoms. The van der Waals surface area contributed by atoms with Gasteiger partial charge in [0.2, 0.25) is 5.88 Å². The summed E-state index contributed by atoms with van der Waals surface area (Å²) >= 11 is 0. The molecule has 0 saturated heterocycles. The van der Waals surface area contributed by atoms with E-state index in [9.17, 15) is 9.90 Å². The van der Waals surface area contributed by atoms with Gasteiger partial charge in [-0.3, -0.25) is 14.6 Å². The number of aromatic nitrogens is 1. The minimum Gasteiger partial charge on any atom is -0.472 e. The number of pyridine rings is 1. The molecule has 0 saturated carbocycles. The van der Waals surface area contributed by atoms with Crippen molar-refractivity contribution in [2.75, 3.05) is 47.4 Å². The SMILES string of the molecule is C[C@@H]1CN([C@H](C)CO)C(=O)c2cc(C#CCN(C)C)cnc2O[C@H]1CN(C)Cc1ccccc1. The Morgan fingerprint density at radius 3 is 2.68 bits per heavy atom. The van der Waals surface area contributed by atoms with Crippen molar-refractivity contribution in [1.29, 1.82) is 0 Å². The molecule has 0 radical (unpaired) electrons. The van der Waals surface area contributed by atoms with Gasteiger partial charge in [0, 0.05) is 37.3 Å². The molecule has 0 aliphatic carbocycles. The summed E-state index contributed by atoms with van der Waals surface area (Å²) in [5, 5.41) is 9.82. The molecule has 1 aliphatic rings. The maximum Gasteiger partial charge on any atom is 0.259 e. The quantitative estimate of drug-likeness (QED) is 0.635. The number of aliphatic hydroxyl groups excluding tert-OH is 1. The number of hydrogen-bond donors (Lipinski definition) is 1. The first-order valence-electron chi connectivity index (χ1n) is 11.7. The molecule has 0 spiro atoms. The van der Waals surface area contributed by atoms with Gasteiger partial charge in [-0.1, -0.05) is 49.1 Å². The van der Waals surface area contributed by atoms with Crippen LogP contribution in [0.15, 0.2) is 42.6 Å². The van der Waals surface area contributed by atoms with E-state index in [2.05, 4.69) is 47.8 Å². The second-order valence-electron chi connectivity index (χ2n) is 9.42. The van der Waals surface area contributed by atoms with Gasteiger partial charge in [-0.2, -0.15) is 0 Å². The average molecular weight is 465 g/mol. The van der Waals surface area contributed by atoms with Crippen molar-refractivity contribution in [2.24, 2.45) is 5.92 Å². The fraction of sp³-hybridized carbons (Fsp3) is 0.481. The Morgan fingerprint density at radius 2 is 2.00 bits per heavy atom. The van der Waals surface area contributed by atoms with Gasteiger partial charge >= 0.3 is 0 Å². The molecule has 3 rings (SSSR count). The Labute approximate surface area is 203 Å². The molecule has 0 bridgehead atoms. The van der Waals surface area contributed by atoms with Crippen LogP contribution in [0.25, 0.3) is 0 Å². The Bertz CT molecular complexity index is 1020. The van der Waals surface area contributed by atoms with Gasteiger partial charge in [-0.25, -0.2) is 4.98 Å². The average Bonchev–Trinajstić information content (AvgIpc) is 2.81. The Balaban J connectivity index is 1.89. The van der Waals surface area contributed by atoms with Gasteiger partial charge in [0.25, 0.3) is 5.91 Å². The fourth-order valence-corrected chi connectivity index (χ4v) is 3.96. The van der Waals surface area contributed by atoms with Crippen LogP contribution in [0.3, 0.4) is 0 Å². The molecule has 0 fully saturated rings. The first-order chi connectivity index (χ1) is 16.3. The second-order valence-corrected chi connectivity index (χ2v) is 9.42. The second kappa shape index (κ2) is 12.0. The van der Waals surface area contributed by atoms with Crippen LogP contribution in [0.2, 0.25) is 0 Å². The number of hydrogen-bond acceptors (Lipinski definition) is 6. The first kappa shape index (κ1) is 25.7. The number of carbonyl (C=O) groups is 1. The lowest BCUT2D eigenvalue weighted by Crippen LogP contribution is -2.49. The van der Waals surface area contributed by atoms with Crippen LogP contribution in [0, 0.1) is 17.8 Å². The smallest absolute Gasteiger partial charge is 0.259 e. The molecule has 1 amide bonds. The predicted molar refractivity (Wildman–Crippen MR) is 134 cm³/mol. The molecule has 2 heterocycles. The van der Waals surface area contributed by atoms with E-state index in [1.165, 1.54) is 5.56 Å². The zero-order valence-electron chi connectivity index (χ0n) is 20.9. The fourth-order valence-electron chi connectivity index (χ4n) is 3.96. The molecule has 1 aliphatic heterocycles. The third-order valence-electron chi connectivity index (χ3n) is 5.94. The van der Waals surface area contributed by atoms with Crippen molar-refractivity contribution >= 4 is 5.91 Å². The maximum absolute atomic E-state index is 13.5. The number of aliphatic hydroxyl groups is 1. The van der Waals surface area contributed by atoms with Gasteiger partial charge in [0.05, 0.1) is 19.2 Å². The molecule has 182 valence electrons. The highest BCUT2D eigenvalue weighted by Crippen LogP contribution is 2.27. The van der Waals surface area contributed by atoms with Gasteiger partial charge in [-0.15, -0.1) is 0 Å². The minimum atomic E-state index is -0.313. The number of nitrogens with zero attached hydrogens (tertiary/aromatic N) is 4. The van der Waals surface area contributed by atoms with E-state index in [0.29, 0.717) is 36.6 Å². The van der Waals surface area contributed by atoms with Crippen molar-refractivity contribution in [2.45, 2.75) is 32.5 Å². The zero-order chi connectivity index (χ0) is 24.7. The van der Waals surface area contributed by atoms with Crippen LogP contribution >= 0.6 is 0 Å². The molecular formula is C27H36N4O3. The van der Waals surface area contributed by atoms with Crippen LogP contribution < -0.4 is 4.74 Å². The summed E-state index contributed by atoms with van der Waals surface area (Å²) < 4.78 is 6.37. The van der Waals surface area contributed by atoms with E-state index in [-0.39, 0.29) is 30.6 Å². The Hall–Kier alpha value is -2.92. The molecule has 7 heteroatoms. The molecule has 3 atom stereocenters. The number of likely N-dealkylation sites (N-methyl/N-ethyl adjacent to an activating group) is 1. The van der Waals surface area contributed by atoms with Crippen LogP contribution in [0.1, 0.15) is 35.3 Å². The van der Waals surface area contributed by atoms with Gasteiger partial charge in [0.15, 0.2) is 0 Å². The molecular weight excluding hydrogens is 428 g/mol. The summed E-state index contributed by atoms with van der Waals surface area (Å²) in [5.41, 5.74) is 2.29. The van der Waals surface area contributed by atoms with E-state index in [4.69, 9.17) is 4.74 Å². The number of benzene rings is 1. The predicted octanol–water partition coefficient (Wildman–Crippen LogP) is 2.35. The minimum absolute atomic E-state index is 0.0469. The van der Waals surface area contributed by atoms with Gasteiger partial charge in [-0.05, 0) is 39.7 Å². The summed E-state index contributed by atoms with van der Waals surface area (Å²) in [6.07, 6.45) is 1.48. The highest BCUT2D eigenvalue weighted by atomic mass is 16.5. The van der Waals surface area contributed by atoms with Gasteiger partial charge < -0.3 is 14.7 Å². The molecule has 0 unspecified atom stereocenters. The molecule has 1 aromatic heterocycles. The number of fused-ring (bicyclic) bond motifs is 1. The summed E-state index contributed by atoms with van der Waals surface area (Å²) in [7, 11) is 5.98. The third-order valence-corrected chi connectivity index (χ3v) is 5.94. The highest BCUT2D eigenvalue weighted by molar-refractivity contribution is 5.97. The Kier molecular flexibility index (Phi) is 9.05. The lowest BCUT2D eigenvalue weighted by atomic mass is 9.99. The summed E-state index contributed by atoms with van der Waals surface area (Å²) in [6, 6.07) is 11.8. The highest BCUT2D eigenvalue weighted by Gasteiger charge is 2.34. The van der Waals surface area contributed by atoms with Crippen molar-refractivity contribution in [1.82, 2.24) is 19.7 Å². The van der Waals surface area contributed by atoms with Crippen LogP contribution in [-0.2, 0) is 6.54 Å². The van der Waals surface area contributed by atoms with Crippen LogP contribution in [0.4, 0.5) is 0 Å². The normalized spacial score (nSPS) is 19.1. The number of rotatable bonds is 7. The lowest BCUT2D eigenvalue weighted by molar-refractivity contribution is 0.0325. The number of ether oxygens (including phenoxy) is 1. The summed E-state index contributed by atoms with van der Waals surface area (Å²) in [6.45, 7) is 6.40. The van der Waals surface area contributed by atoms with Crippen molar-refractivity contribution in [3.05, 3.63) is 59.3 Å². The van der Waals surface area contributed by atoms with Crippen molar-refractivity contribution < 1.29 is 14.6 Å². The van der Waals surface area contributed by atoms with Crippen LogP contribution in [-0.4, -0.2) is 90.2 Å². The van der Waals surface area contributed by atoms with E-state index in [0.717, 1.165) is 6.54 Å². The summed E-state index contributed by atoms with van der Waals surface area (Å²) in [5.74, 6) is 6.34. The standard InChI is InChI=1S/C27H36N4O3/c1-20-16-31(21(2)19-32)27(33)24-14-23(12-9-13-29(3)4)15-28-26(24)34-25(20)18-30(5)17-22-10-7-6-8-11-22/h6-8,10-11,14-15,20-21,25,32H,13,16-19H2,1-5H3/t20-,21-,25+/m1/s1.